The largest absolute Gasteiger partial charge is 0.267 e. The first kappa shape index (κ1) is 10.7. The second-order valence-electron chi connectivity index (χ2n) is 4.05. The smallest absolute Gasteiger partial charge is 0.163 e. The average molecular weight is 294 g/mol. The van der Waals surface area contributed by atoms with Crippen LogP contribution in [-0.2, 0) is 7.05 Å². The van der Waals surface area contributed by atoms with Crippen LogP contribution in [-0.4, -0.2) is 14.8 Å². The van der Waals surface area contributed by atoms with Crippen LogP contribution in [0.2, 0.25) is 0 Å². The summed E-state index contributed by atoms with van der Waals surface area (Å²) in [5.41, 5.74) is 2.13. The zero-order chi connectivity index (χ0) is 12.2. The van der Waals surface area contributed by atoms with Gasteiger partial charge >= 0.3 is 0 Å². The number of pyridine rings is 1. The number of benzene rings is 1. The lowest BCUT2D eigenvalue weighted by atomic mass is 10.1. The van der Waals surface area contributed by atoms with Crippen LogP contribution >= 0.6 is 15.9 Å². The van der Waals surface area contributed by atoms with Crippen molar-refractivity contribution in [3.8, 4) is 0 Å². The van der Waals surface area contributed by atoms with Crippen molar-refractivity contribution in [1.29, 1.82) is 0 Å². The lowest BCUT2D eigenvalue weighted by Gasteiger charge is -2.06. The van der Waals surface area contributed by atoms with Crippen molar-refractivity contribution < 1.29 is 4.39 Å². The maximum Gasteiger partial charge on any atom is 0.163 e. The lowest BCUT2D eigenvalue weighted by molar-refractivity contribution is 0.629. The molecule has 0 saturated heterocycles. The van der Waals surface area contributed by atoms with Crippen molar-refractivity contribution in [1.82, 2.24) is 14.8 Å². The van der Waals surface area contributed by atoms with Gasteiger partial charge in [0.15, 0.2) is 5.82 Å². The Morgan fingerprint density at radius 1 is 1.35 bits per heavy atom. The van der Waals surface area contributed by atoms with E-state index in [9.17, 15) is 4.39 Å². The van der Waals surface area contributed by atoms with E-state index in [4.69, 9.17) is 0 Å². The monoisotopic (exact) mass is 293 g/mol. The fraction of sp³-hybridized carbons (Fsp3) is 0.167. The maximum absolute atomic E-state index is 14.1. The van der Waals surface area contributed by atoms with Crippen LogP contribution in [0, 0.1) is 12.7 Å². The Balaban J connectivity index is 2.63. The minimum Gasteiger partial charge on any atom is -0.267 e. The molecule has 0 saturated carbocycles. The fourth-order valence-electron chi connectivity index (χ4n) is 2.06. The van der Waals surface area contributed by atoms with Crippen LogP contribution in [0.15, 0.2) is 22.9 Å². The van der Waals surface area contributed by atoms with Gasteiger partial charge in [0.2, 0.25) is 0 Å². The van der Waals surface area contributed by atoms with Gasteiger partial charge in [-0.3, -0.25) is 9.67 Å². The first-order valence-electron chi connectivity index (χ1n) is 5.14. The van der Waals surface area contributed by atoms with E-state index in [-0.39, 0.29) is 5.82 Å². The number of aromatic nitrogens is 3. The van der Waals surface area contributed by atoms with Crippen molar-refractivity contribution in [3.05, 3.63) is 34.3 Å². The van der Waals surface area contributed by atoms with E-state index in [0.29, 0.717) is 9.99 Å². The summed E-state index contributed by atoms with van der Waals surface area (Å²) in [7, 11) is 1.84. The number of hydrogen-bond donors (Lipinski definition) is 0. The molecule has 17 heavy (non-hydrogen) atoms. The maximum atomic E-state index is 14.1. The molecule has 1 aromatic carbocycles. The fourth-order valence-corrected chi connectivity index (χ4v) is 2.37. The van der Waals surface area contributed by atoms with Gasteiger partial charge in [0.05, 0.1) is 16.2 Å². The molecule has 3 nitrogen and oxygen atoms in total. The molecule has 0 spiro atoms. The lowest BCUT2D eigenvalue weighted by Crippen LogP contribution is -1.94. The molecule has 0 N–H and O–H groups in total. The molecule has 0 atom stereocenters. The van der Waals surface area contributed by atoms with Crippen LogP contribution in [0.5, 0.6) is 0 Å². The normalized spacial score (nSPS) is 11.5. The third kappa shape index (κ3) is 1.38. The van der Waals surface area contributed by atoms with E-state index in [1.165, 1.54) is 0 Å². The summed E-state index contributed by atoms with van der Waals surface area (Å²) in [4.78, 5) is 4.17. The molecule has 0 unspecified atom stereocenters. The molecule has 0 fully saturated rings. The van der Waals surface area contributed by atoms with Gasteiger partial charge in [0.1, 0.15) is 5.52 Å². The highest BCUT2D eigenvalue weighted by atomic mass is 79.9. The SMILES string of the molecule is Cc1cc2c(ncc3cnn(C)c32)c(F)c1Br. The van der Waals surface area contributed by atoms with Crippen LogP contribution in [0.3, 0.4) is 0 Å². The zero-order valence-electron chi connectivity index (χ0n) is 9.33. The number of aryl methyl sites for hydroxylation is 2. The van der Waals surface area contributed by atoms with E-state index in [0.717, 1.165) is 21.9 Å². The quantitative estimate of drug-likeness (QED) is 0.636. The van der Waals surface area contributed by atoms with Gasteiger partial charge in [0.25, 0.3) is 0 Å². The summed E-state index contributed by atoms with van der Waals surface area (Å²) >= 11 is 3.24. The molecular formula is C12H9BrFN3. The molecule has 0 bridgehead atoms. The van der Waals surface area contributed by atoms with Crippen LogP contribution in [0.1, 0.15) is 5.56 Å². The molecule has 0 aliphatic rings. The molecular weight excluding hydrogens is 285 g/mol. The van der Waals surface area contributed by atoms with Gasteiger partial charge in [-0.05, 0) is 34.5 Å². The highest BCUT2D eigenvalue weighted by Gasteiger charge is 2.14. The Labute approximate surface area is 105 Å². The molecule has 3 aromatic rings. The molecule has 0 aliphatic carbocycles. The Bertz CT molecular complexity index is 748. The molecule has 5 heteroatoms. The average Bonchev–Trinajstić information content (AvgIpc) is 2.68. The molecule has 2 aromatic heterocycles. The summed E-state index contributed by atoms with van der Waals surface area (Å²) in [6.07, 6.45) is 3.38. The van der Waals surface area contributed by atoms with Gasteiger partial charge in [-0.2, -0.15) is 5.10 Å². The first-order chi connectivity index (χ1) is 8.09. The van der Waals surface area contributed by atoms with E-state index in [1.807, 2.05) is 20.0 Å². The third-order valence-corrected chi connectivity index (χ3v) is 3.89. The van der Waals surface area contributed by atoms with Crippen molar-refractivity contribution in [2.45, 2.75) is 6.92 Å². The van der Waals surface area contributed by atoms with Gasteiger partial charge in [-0.25, -0.2) is 4.39 Å². The van der Waals surface area contributed by atoms with E-state index in [1.54, 1.807) is 17.1 Å². The second kappa shape index (κ2) is 3.50. The number of rotatable bonds is 0. The standard InChI is InChI=1S/C12H9BrFN3/c1-6-3-8-11(10(14)9(6)13)15-4-7-5-16-17(2)12(7)8/h3-5H,1-2H3. The summed E-state index contributed by atoms with van der Waals surface area (Å²) < 4.78 is 16.3. The van der Waals surface area contributed by atoms with Crippen molar-refractivity contribution in [3.63, 3.8) is 0 Å². The van der Waals surface area contributed by atoms with Gasteiger partial charge in [-0.15, -0.1) is 0 Å². The van der Waals surface area contributed by atoms with Crippen molar-refractivity contribution >= 4 is 37.7 Å². The molecule has 3 rings (SSSR count). The van der Waals surface area contributed by atoms with Crippen molar-refractivity contribution in [2.75, 3.05) is 0 Å². The minimum absolute atomic E-state index is 0.317. The number of hydrogen-bond acceptors (Lipinski definition) is 2. The number of nitrogens with zero attached hydrogens (tertiary/aromatic N) is 3. The molecule has 0 aliphatic heterocycles. The van der Waals surface area contributed by atoms with E-state index in [2.05, 4.69) is 26.0 Å². The highest BCUT2D eigenvalue weighted by molar-refractivity contribution is 9.10. The van der Waals surface area contributed by atoms with Gasteiger partial charge in [-0.1, -0.05) is 0 Å². The summed E-state index contributed by atoms with van der Waals surface area (Å²) in [6, 6.07) is 1.93. The summed E-state index contributed by atoms with van der Waals surface area (Å²) in [5, 5.41) is 5.88. The zero-order valence-corrected chi connectivity index (χ0v) is 10.9. The molecule has 86 valence electrons. The first-order valence-corrected chi connectivity index (χ1v) is 5.94. The van der Waals surface area contributed by atoms with E-state index < -0.39 is 0 Å². The Morgan fingerprint density at radius 3 is 2.88 bits per heavy atom. The topological polar surface area (TPSA) is 30.7 Å². The number of halogens is 2. The Morgan fingerprint density at radius 2 is 2.12 bits per heavy atom. The Kier molecular flexibility index (Phi) is 2.19. The Hall–Kier alpha value is -1.49. The number of fused-ring (bicyclic) bond motifs is 3. The predicted octanol–water partition coefficient (Wildman–Crippen LogP) is 3.33. The molecule has 0 radical (unpaired) electrons. The highest BCUT2D eigenvalue weighted by Crippen LogP contribution is 2.31. The van der Waals surface area contributed by atoms with Crippen LogP contribution in [0.25, 0.3) is 21.8 Å². The van der Waals surface area contributed by atoms with Gasteiger partial charge < -0.3 is 0 Å². The van der Waals surface area contributed by atoms with Crippen molar-refractivity contribution in [2.24, 2.45) is 7.05 Å². The van der Waals surface area contributed by atoms with Crippen LogP contribution in [0.4, 0.5) is 4.39 Å². The molecule has 0 amide bonds. The predicted molar refractivity (Wildman–Crippen MR) is 68.4 cm³/mol. The second-order valence-corrected chi connectivity index (χ2v) is 4.84. The summed E-state index contributed by atoms with van der Waals surface area (Å²) in [6.45, 7) is 1.86. The molecule has 2 heterocycles. The minimum atomic E-state index is -0.317. The summed E-state index contributed by atoms with van der Waals surface area (Å²) in [5.74, 6) is -0.317. The third-order valence-electron chi connectivity index (χ3n) is 2.92. The van der Waals surface area contributed by atoms with E-state index >= 15 is 0 Å². The van der Waals surface area contributed by atoms with Crippen LogP contribution < -0.4 is 0 Å². The van der Waals surface area contributed by atoms with Gasteiger partial charge in [0, 0.05) is 24.0 Å².